The summed E-state index contributed by atoms with van der Waals surface area (Å²) in [6.45, 7) is 0. The lowest BCUT2D eigenvalue weighted by Crippen LogP contribution is -2.08. The van der Waals surface area contributed by atoms with Crippen molar-refractivity contribution in [2.75, 3.05) is 5.32 Å². The van der Waals surface area contributed by atoms with Crippen LogP contribution in [0.4, 0.5) is 11.4 Å². The van der Waals surface area contributed by atoms with Crippen molar-refractivity contribution in [3.05, 3.63) is 87.5 Å². The van der Waals surface area contributed by atoms with Gasteiger partial charge in [0, 0.05) is 29.3 Å². The minimum absolute atomic E-state index is 0.0273. The maximum absolute atomic E-state index is 12.3. The zero-order valence-electron chi connectivity index (χ0n) is 13.9. The van der Waals surface area contributed by atoms with Crippen molar-refractivity contribution in [1.82, 2.24) is 0 Å². The van der Waals surface area contributed by atoms with Gasteiger partial charge >= 0.3 is 0 Å². The second-order valence-corrected chi connectivity index (χ2v) is 6.28. The Morgan fingerprint density at radius 1 is 1.00 bits per heavy atom. The maximum Gasteiger partial charge on any atom is 0.269 e. The molecule has 1 aliphatic rings. The summed E-state index contributed by atoms with van der Waals surface area (Å²) >= 11 is 0. The molecule has 5 heteroatoms. The van der Waals surface area contributed by atoms with Gasteiger partial charge in [-0.15, -0.1) is 0 Å². The van der Waals surface area contributed by atoms with E-state index in [0.29, 0.717) is 0 Å². The summed E-state index contributed by atoms with van der Waals surface area (Å²) in [6.07, 6.45) is 5.16. The molecule has 4 rings (SSSR count). The van der Waals surface area contributed by atoms with Gasteiger partial charge in [-0.3, -0.25) is 14.9 Å². The molecule has 0 atom stereocenters. The van der Waals surface area contributed by atoms with Gasteiger partial charge < -0.3 is 5.32 Å². The molecule has 0 radical (unpaired) electrons. The molecule has 0 spiro atoms. The lowest BCUT2D eigenvalue weighted by atomic mass is 10.0. The molecule has 26 heavy (non-hydrogen) atoms. The molecule has 0 heterocycles. The van der Waals surface area contributed by atoms with E-state index in [0.717, 1.165) is 29.5 Å². The lowest BCUT2D eigenvalue weighted by molar-refractivity contribution is -0.384. The van der Waals surface area contributed by atoms with Crippen LogP contribution in [0.25, 0.3) is 16.8 Å². The van der Waals surface area contributed by atoms with Crippen molar-refractivity contribution in [2.24, 2.45) is 0 Å². The predicted molar refractivity (Wildman–Crippen MR) is 102 cm³/mol. The molecule has 0 saturated heterocycles. The topological polar surface area (TPSA) is 72.2 Å². The number of amides is 1. The molecule has 0 aromatic heterocycles. The van der Waals surface area contributed by atoms with Crippen LogP contribution in [0.15, 0.2) is 60.7 Å². The van der Waals surface area contributed by atoms with Crippen LogP contribution in [0, 0.1) is 10.1 Å². The Labute approximate surface area is 150 Å². The van der Waals surface area contributed by atoms with Crippen molar-refractivity contribution >= 4 is 34.1 Å². The van der Waals surface area contributed by atoms with Crippen molar-refractivity contribution in [3.63, 3.8) is 0 Å². The summed E-state index contributed by atoms with van der Waals surface area (Å²) in [5.74, 6) is -0.234. The van der Waals surface area contributed by atoms with Crippen LogP contribution in [-0.4, -0.2) is 10.8 Å². The summed E-state index contributed by atoms with van der Waals surface area (Å²) in [6, 6.07) is 16.3. The summed E-state index contributed by atoms with van der Waals surface area (Å²) < 4.78 is 0. The van der Waals surface area contributed by atoms with Crippen LogP contribution in [0.2, 0.25) is 0 Å². The van der Waals surface area contributed by atoms with E-state index >= 15 is 0 Å². The van der Waals surface area contributed by atoms with Gasteiger partial charge in [0.1, 0.15) is 0 Å². The zero-order chi connectivity index (χ0) is 18.1. The third-order valence-corrected chi connectivity index (χ3v) is 4.67. The molecule has 0 fully saturated rings. The standard InChI is InChI=1S/C21H16N2O3/c24-20(13-6-14-4-10-17(11-5-14)23(25)26)22-19-12-9-16-8-7-15-2-1-3-18(19)21(15)16/h1-6,9-13H,7-8H2,(H,22,24). The van der Waals surface area contributed by atoms with Crippen LogP contribution in [0.5, 0.6) is 0 Å². The fourth-order valence-corrected chi connectivity index (χ4v) is 3.41. The molecule has 1 amide bonds. The summed E-state index contributed by atoms with van der Waals surface area (Å²) in [7, 11) is 0. The quantitative estimate of drug-likeness (QED) is 0.430. The zero-order valence-corrected chi connectivity index (χ0v) is 13.9. The highest BCUT2D eigenvalue weighted by atomic mass is 16.6. The maximum atomic E-state index is 12.3. The van der Waals surface area contributed by atoms with Gasteiger partial charge in [0.25, 0.3) is 5.69 Å². The van der Waals surface area contributed by atoms with Crippen molar-refractivity contribution in [1.29, 1.82) is 0 Å². The third-order valence-electron chi connectivity index (χ3n) is 4.67. The molecule has 0 unspecified atom stereocenters. The molecule has 0 saturated carbocycles. The molecule has 3 aromatic rings. The fraction of sp³-hybridized carbons (Fsp3) is 0.0952. The number of rotatable bonds is 4. The highest BCUT2D eigenvalue weighted by molar-refractivity contribution is 6.09. The van der Waals surface area contributed by atoms with E-state index in [1.54, 1.807) is 18.2 Å². The number of nitrogens with zero attached hydrogens (tertiary/aromatic N) is 1. The number of nitro benzene ring substituents is 1. The SMILES string of the molecule is O=C(C=Cc1ccc([N+](=O)[O-])cc1)Nc1ccc2c3c(cccc13)CC2. The van der Waals surface area contributed by atoms with Crippen LogP contribution < -0.4 is 5.32 Å². The van der Waals surface area contributed by atoms with Gasteiger partial charge in [-0.05, 0) is 59.2 Å². The number of nitrogens with one attached hydrogen (secondary N) is 1. The third kappa shape index (κ3) is 2.95. The minimum atomic E-state index is -0.449. The number of nitro groups is 1. The molecular weight excluding hydrogens is 328 g/mol. The molecule has 3 aromatic carbocycles. The minimum Gasteiger partial charge on any atom is -0.322 e. The second kappa shape index (κ2) is 6.44. The van der Waals surface area contributed by atoms with Gasteiger partial charge in [-0.25, -0.2) is 0 Å². The first kappa shape index (κ1) is 16.0. The average Bonchev–Trinajstić information content (AvgIpc) is 3.07. The number of non-ortho nitro benzene ring substituents is 1. The average molecular weight is 344 g/mol. The molecule has 1 aliphatic carbocycles. The number of hydrogen-bond donors (Lipinski definition) is 1. The normalized spacial score (nSPS) is 12.6. The summed E-state index contributed by atoms with van der Waals surface area (Å²) in [4.78, 5) is 22.5. The molecule has 0 bridgehead atoms. The van der Waals surface area contributed by atoms with E-state index in [1.807, 2.05) is 18.2 Å². The highest BCUT2D eigenvalue weighted by Gasteiger charge is 2.16. The largest absolute Gasteiger partial charge is 0.322 e. The van der Waals surface area contributed by atoms with E-state index in [2.05, 4.69) is 17.4 Å². The van der Waals surface area contributed by atoms with Crippen LogP contribution >= 0.6 is 0 Å². The van der Waals surface area contributed by atoms with Crippen LogP contribution in [-0.2, 0) is 17.6 Å². The van der Waals surface area contributed by atoms with E-state index in [9.17, 15) is 14.9 Å². The predicted octanol–water partition coefficient (Wildman–Crippen LogP) is 4.50. The lowest BCUT2D eigenvalue weighted by Gasteiger charge is -2.09. The second-order valence-electron chi connectivity index (χ2n) is 6.28. The number of aryl methyl sites for hydroxylation is 2. The smallest absolute Gasteiger partial charge is 0.269 e. The van der Waals surface area contributed by atoms with Crippen LogP contribution in [0.1, 0.15) is 16.7 Å². The first-order chi connectivity index (χ1) is 12.6. The summed E-state index contributed by atoms with van der Waals surface area (Å²) in [5.41, 5.74) is 4.21. The van der Waals surface area contributed by atoms with Crippen molar-refractivity contribution in [3.8, 4) is 0 Å². The van der Waals surface area contributed by atoms with E-state index in [4.69, 9.17) is 0 Å². The summed E-state index contributed by atoms with van der Waals surface area (Å²) in [5, 5.41) is 15.9. The van der Waals surface area contributed by atoms with E-state index < -0.39 is 4.92 Å². The first-order valence-electron chi connectivity index (χ1n) is 8.39. The van der Waals surface area contributed by atoms with Crippen molar-refractivity contribution in [2.45, 2.75) is 12.8 Å². The van der Waals surface area contributed by atoms with Crippen LogP contribution in [0.3, 0.4) is 0 Å². The first-order valence-corrected chi connectivity index (χ1v) is 8.39. The Hall–Kier alpha value is -3.47. The van der Waals surface area contributed by atoms with Gasteiger partial charge in [0.05, 0.1) is 4.92 Å². The number of carbonyl (C=O) groups is 1. The molecular formula is C21H16N2O3. The van der Waals surface area contributed by atoms with E-state index in [1.165, 1.54) is 34.7 Å². The highest BCUT2D eigenvalue weighted by Crippen LogP contribution is 2.34. The Bertz CT molecular complexity index is 1040. The molecule has 5 nitrogen and oxygen atoms in total. The Morgan fingerprint density at radius 2 is 1.73 bits per heavy atom. The Kier molecular flexibility index (Phi) is 3.97. The number of benzene rings is 3. The molecule has 0 aliphatic heterocycles. The number of hydrogen-bond acceptors (Lipinski definition) is 3. The fourth-order valence-electron chi connectivity index (χ4n) is 3.41. The Morgan fingerprint density at radius 3 is 2.46 bits per heavy atom. The number of anilines is 1. The Balaban J connectivity index is 1.54. The number of carbonyl (C=O) groups excluding carboxylic acids is 1. The van der Waals surface area contributed by atoms with Gasteiger partial charge in [-0.2, -0.15) is 0 Å². The van der Waals surface area contributed by atoms with Gasteiger partial charge in [0.2, 0.25) is 5.91 Å². The van der Waals surface area contributed by atoms with Gasteiger partial charge in [0.15, 0.2) is 0 Å². The van der Waals surface area contributed by atoms with Crippen molar-refractivity contribution < 1.29 is 9.72 Å². The monoisotopic (exact) mass is 344 g/mol. The van der Waals surface area contributed by atoms with Gasteiger partial charge in [-0.1, -0.05) is 24.3 Å². The van der Waals surface area contributed by atoms with E-state index in [-0.39, 0.29) is 11.6 Å². The molecule has 1 N–H and O–H groups in total. The molecule has 128 valence electrons.